The molecule has 0 spiro atoms. The van der Waals surface area contributed by atoms with Crippen LogP contribution in [0, 0.1) is 0 Å². The summed E-state index contributed by atoms with van der Waals surface area (Å²) < 4.78 is 5.23. The molecular formula is C8H17NO5. The Bertz CT molecular complexity index is 175. The highest BCUT2D eigenvalue weighted by Crippen LogP contribution is 2.21. The van der Waals surface area contributed by atoms with Crippen molar-refractivity contribution in [3.05, 3.63) is 0 Å². The molecule has 1 fully saturated rings. The lowest BCUT2D eigenvalue weighted by atomic mass is 9.92. The van der Waals surface area contributed by atoms with E-state index in [4.69, 9.17) is 20.7 Å². The summed E-state index contributed by atoms with van der Waals surface area (Å²) in [5.41, 5.74) is 5.59. The van der Waals surface area contributed by atoms with Gasteiger partial charge in [0.1, 0.15) is 18.3 Å². The highest BCUT2D eigenvalue weighted by atomic mass is 16.5. The summed E-state index contributed by atoms with van der Waals surface area (Å²) in [5.74, 6) is 0. The monoisotopic (exact) mass is 207 g/mol. The Morgan fingerprint density at radius 1 is 1.07 bits per heavy atom. The number of hydrogen-bond donors (Lipinski definition) is 5. The van der Waals surface area contributed by atoms with E-state index in [-0.39, 0.29) is 19.6 Å². The predicted molar refractivity (Wildman–Crippen MR) is 47.4 cm³/mol. The Morgan fingerprint density at radius 3 is 2.21 bits per heavy atom. The smallest absolute Gasteiger partial charge is 0.110 e. The number of aliphatic hydroxyl groups is 4. The fraction of sp³-hybridized carbons (Fsp3) is 1.00. The van der Waals surface area contributed by atoms with E-state index in [0.29, 0.717) is 0 Å². The Labute approximate surface area is 81.9 Å². The van der Waals surface area contributed by atoms with E-state index in [2.05, 4.69) is 0 Å². The molecule has 0 amide bonds. The predicted octanol–water partition coefficient (Wildman–Crippen LogP) is -2.82. The molecule has 0 aromatic rings. The normalized spacial score (nSPS) is 43.9. The molecule has 1 saturated heterocycles. The van der Waals surface area contributed by atoms with Gasteiger partial charge in [-0.05, 0) is 6.42 Å². The van der Waals surface area contributed by atoms with Crippen LogP contribution >= 0.6 is 0 Å². The van der Waals surface area contributed by atoms with Crippen molar-refractivity contribution in [3.63, 3.8) is 0 Å². The lowest BCUT2D eigenvalue weighted by Gasteiger charge is -2.40. The lowest BCUT2D eigenvalue weighted by molar-refractivity contribution is -0.191. The maximum absolute atomic E-state index is 9.50. The average molecular weight is 207 g/mol. The first-order valence-corrected chi connectivity index (χ1v) is 4.60. The first-order valence-electron chi connectivity index (χ1n) is 4.60. The Morgan fingerprint density at radius 2 is 1.71 bits per heavy atom. The number of aliphatic hydroxyl groups excluding tert-OH is 4. The summed E-state index contributed by atoms with van der Waals surface area (Å²) in [4.78, 5) is 0. The molecule has 0 aromatic carbocycles. The van der Waals surface area contributed by atoms with Crippen molar-refractivity contribution in [3.8, 4) is 0 Å². The molecule has 1 heterocycles. The van der Waals surface area contributed by atoms with Crippen LogP contribution in [0.25, 0.3) is 0 Å². The second-order valence-corrected chi connectivity index (χ2v) is 3.47. The fourth-order valence-electron chi connectivity index (χ4n) is 1.60. The molecule has 1 rings (SSSR count). The summed E-state index contributed by atoms with van der Waals surface area (Å²) in [7, 11) is 0. The van der Waals surface area contributed by atoms with Gasteiger partial charge in [-0.2, -0.15) is 0 Å². The molecular weight excluding hydrogens is 190 g/mol. The van der Waals surface area contributed by atoms with Gasteiger partial charge in [-0.1, -0.05) is 0 Å². The molecule has 6 N–H and O–H groups in total. The molecule has 5 atom stereocenters. The van der Waals surface area contributed by atoms with Crippen LogP contribution in [0.5, 0.6) is 0 Å². The van der Waals surface area contributed by atoms with Gasteiger partial charge in [0, 0.05) is 6.61 Å². The molecule has 1 aliphatic heterocycles. The average Bonchev–Trinajstić information content (AvgIpc) is 2.19. The van der Waals surface area contributed by atoms with Crippen LogP contribution in [0.1, 0.15) is 6.42 Å². The molecule has 0 aromatic heterocycles. The van der Waals surface area contributed by atoms with Gasteiger partial charge in [0.2, 0.25) is 0 Å². The number of rotatable bonds is 3. The van der Waals surface area contributed by atoms with Gasteiger partial charge in [0.25, 0.3) is 0 Å². The molecule has 0 saturated carbocycles. The van der Waals surface area contributed by atoms with Crippen LogP contribution in [0.15, 0.2) is 0 Å². The molecule has 6 heteroatoms. The summed E-state index contributed by atoms with van der Waals surface area (Å²) in [6.07, 6.45) is -3.39. The third-order valence-electron chi connectivity index (χ3n) is 2.50. The topological polar surface area (TPSA) is 116 Å². The minimum atomic E-state index is -1.18. The molecule has 0 bridgehead atoms. The minimum absolute atomic E-state index is 0.112. The van der Waals surface area contributed by atoms with Crippen LogP contribution < -0.4 is 5.73 Å². The van der Waals surface area contributed by atoms with Crippen molar-refractivity contribution in [1.29, 1.82) is 0 Å². The van der Waals surface area contributed by atoms with Gasteiger partial charge >= 0.3 is 0 Å². The highest BCUT2D eigenvalue weighted by molar-refractivity contribution is 4.94. The van der Waals surface area contributed by atoms with E-state index in [1.54, 1.807) is 0 Å². The van der Waals surface area contributed by atoms with Gasteiger partial charge in [-0.25, -0.2) is 0 Å². The number of hydrogen-bond acceptors (Lipinski definition) is 6. The van der Waals surface area contributed by atoms with Crippen molar-refractivity contribution in [2.24, 2.45) is 5.73 Å². The zero-order valence-corrected chi connectivity index (χ0v) is 7.78. The Kier molecular flexibility index (Phi) is 4.24. The van der Waals surface area contributed by atoms with Gasteiger partial charge < -0.3 is 30.9 Å². The van der Waals surface area contributed by atoms with Gasteiger partial charge in [-0.15, -0.1) is 0 Å². The Hall–Kier alpha value is -0.240. The van der Waals surface area contributed by atoms with Gasteiger partial charge in [0.05, 0.1) is 18.8 Å². The van der Waals surface area contributed by atoms with Crippen molar-refractivity contribution < 1.29 is 25.2 Å². The summed E-state index contributed by atoms with van der Waals surface area (Å²) in [6, 6.07) is -0.736. The molecule has 14 heavy (non-hydrogen) atoms. The van der Waals surface area contributed by atoms with Crippen molar-refractivity contribution in [2.75, 3.05) is 13.2 Å². The van der Waals surface area contributed by atoms with E-state index in [1.807, 2.05) is 0 Å². The second kappa shape index (κ2) is 5.01. The SMILES string of the molecule is N[C@H]1C(CCO)O[C@H](CO)[C@H](O)[C@@H]1O. The van der Waals surface area contributed by atoms with Crippen LogP contribution in [-0.4, -0.2) is 64.1 Å². The van der Waals surface area contributed by atoms with Crippen molar-refractivity contribution in [2.45, 2.75) is 36.9 Å². The first kappa shape index (κ1) is 11.8. The van der Waals surface area contributed by atoms with Crippen molar-refractivity contribution in [1.82, 2.24) is 0 Å². The lowest BCUT2D eigenvalue weighted by Crippen LogP contribution is -2.61. The third-order valence-corrected chi connectivity index (χ3v) is 2.50. The largest absolute Gasteiger partial charge is 0.396 e. The maximum Gasteiger partial charge on any atom is 0.110 e. The summed E-state index contributed by atoms with van der Waals surface area (Å²) in [5, 5.41) is 36.5. The number of nitrogens with two attached hydrogens (primary N) is 1. The zero-order chi connectivity index (χ0) is 10.7. The van der Waals surface area contributed by atoms with Crippen LogP contribution in [0.3, 0.4) is 0 Å². The van der Waals surface area contributed by atoms with E-state index in [1.165, 1.54) is 0 Å². The van der Waals surface area contributed by atoms with E-state index in [0.717, 1.165) is 0 Å². The zero-order valence-electron chi connectivity index (χ0n) is 7.78. The standard InChI is InChI=1S/C8H17NO5/c9-6-4(1-2-10)14-5(3-11)7(12)8(6)13/h4-8,10-13H,1-3,9H2/t4?,5-,6+,7+,8-/m1/s1. The third kappa shape index (κ3) is 2.22. The minimum Gasteiger partial charge on any atom is -0.396 e. The summed E-state index contributed by atoms with van der Waals surface area (Å²) in [6.45, 7) is -0.494. The molecule has 84 valence electrons. The molecule has 0 radical (unpaired) electrons. The van der Waals surface area contributed by atoms with E-state index < -0.39 is 30.5 Å². The quantitative estimate of drug-likeness (QED) is 0.341. The fourth-order valence-corrected chi connectivity index (χ4v) is 1.60. The number of ether oxygens (including phenoxy) is 1. The van der Waals surface area contributed by atoms with Gasteiger partial charge in [0.15, 0.2) is 0 Å². The molecule has 0 aliphatic carbocycles. The molecule has 6 nitrogen and oxygen atoms in total. The summed E-state index contributed by atoms with van der Waals surface area (Å²) >= 11 is 0. The first-order chi connectivity index (χ1) is 6.61. The molecule has 1 aliphatic rings. The highest BCUT2D eigenvalue weighted by Gasteiger charge is 2.41. The second-order valence-electron chi connectivity index (χ2n) is 3.47. The van der Waals surface area contributed by atoms with Crippen LogP contribution in [0.2, 0.25) is 0 Å². The van der Waals surface area contributed by atoms with Crippen LogP contribution in [-0.2, 0) is 4.74 Å². The van der Waals surface area contributed by atoms with Crippen molar-refractivity contribution >= 4 is 0 Å². The molecule has 1 unspecified atom stereocenters. The maximum atomic E-state index is 9.50. The van der Waals surface area contributed by atoms with Gasteiger partial charge in [-0.3, -0.25) is 0 Å². The van der Waals surface area contributed by atoms with Crippen LogP contribution in [0.4, 0.5) is 0 Å². The van der Waals surface area contributed by atoms with E-state index >= 15 is 0 Å². The Balaban J connectivity index is 2.63. The van der Waals surface area contributed by atoms with E-state index in [9.17, 15) is 10.2 Å².